The van der Waals surface area contributed by atoms with Crippen LogP contribution in [0.5, 0.6) is 0 Å². The fourth-order valence-electron chi connectivity index (χ4n) is 3.51. The molecule has 0 saturated heterocycles. The number of hydrogen-bond acceptors (Lipinski definition) is 2. The molecule has 28 heavy (non-hydrogen) atoms. The van der Waals surface area contributed by atoms with Gasteiger partial charge in [0.1, 0.15) is 0 Å². The number of hydrogen-bond donors (Lipinski definition) is 0. The zero-order valence-electron chi connectivity index (χ0n) is 17.2. The van der Waals surface area contributed by atoms with E-state index >= 15 is 0 Å². The molecule has 3 rings (SSSR count). The molecule has 1 heterocycles. The topological polar surface area (TPSA) is 38.1 Å². The zero-order chi connectivity index (χ0) is 20.1. The van der Waals surface area contributed by atoms with Crippen LogP contribution in [0.15, 0.2) is 60.7 Å². The minimum Gasteiger partial charge on any atom is -0.337 e. The first-order valence-corrected chi connectivity index (χ1v) is 9.96. The van der Waals surface area contributed by atoms with Gasteiger partial charge in [0.15, 0.2) is 0 Å². The maximum atomic E-state index is 13.4. The van der Waals surface area contributed by atoms with Crippen LogP contribution in [0.25, 0.3) is 5.69 Å². The second-order valence-electron chi connectivity index (χ2n) is 7.61. The van der Waals surface area contributed by atoms with E-state index in [0.717, 1.165) is 41.0 Å². The normalized spacial score (nSPS) is 11.0. The van der Waals surface area contributed by atoms with Crippen LogP contribution in [-0.2, 0) is 19.4 Å². The van der Waals surface area contributed by atoms with Gasteiger partial charge in [-0.25, -0.2) is 4.68 Å². The summed E-state index contributed by atoms with van der Waals surface area (Å²) >= 11 is 0. The first kappa shape index (κ1) is 19.9. The highest BCUT2D eigenvalue weighted by Crippen LogP contribution is 2.24. The van der Waals surface area contributed by atoms with Gasteiger partial charge in [-0.15, -0.1) is 0 Å². The average Bonchev–Trinajstić information content (AvgIpc) is 3.06. The Morgan fingerprint density at radius 2 is 1.64 bits per heavy atom. The monoisotopic (exact) mass is 375 g/mol. The summed E-state index contributed by atoms with van der Waals surface area (Å²) in [4.78, 5) is 15.2. The summed E-state index contributed by atoms with van der Waals surface area (Å²) in [7, 11) is 1.87. The molecule has 0 saturated carbocycles. The summed E-state index contributed by atoms with van der Waals surface area (Å²) in [6.45, 7) is 6.99. The van der Waals surface area contributed by atoms with Crippen molar-refractivity contribution >= 4 is 5.91 Å². The third kappa shape index (κ3) is 4.33. The molecule has 4 nitrogen and oxygen atoms in total. The lowest BCUT2D eigenvalue weighted by Gasteiger charge is -2.19. The highest BCUT2D eigenvalue weighted by atomic mass is 16.2. The number of carbonyl (C=O) groups excluding carboxylic acids is 1. The Hall–Kier alpha value is -2.88. The van der Waals surface area contributed by atoms with Crippen molar-refractivity contribution in [2.45, 2.75) is 40.2 Å². The highest BCUT2D eigenvalue weighted by molar-refractivity contribution is 5.96. The van der Waals surface area contributed by atoms with E-state index in [1.807, 2.05) is 72.4 Å². The van der Waals surface area contributed by atoms with E-state index in [2.05, 4.69) is 20.8 Å². The summed E-state index contributed by atoms with van der Waals surface area (Å²) in [5, 5.41) is 4.87. The van der Waals surface area contributed by atoms with E-state index in [1.54, 1.807) is 4.90 Å². The predicted molar refractivity (Wildman–Crippen MR) is 114 cm³/mol. The van der Waals surface area contributed by atoms with Crippen molar-refractivity contribution in [1.29, 1.82) is 0 Å². The lowest BCUT2D eigenvalue weighted by molar-refractivity contribution is 0.0782. The smallest absolute Gasteiger partial charge is 0.257 e. The van der Waals surface area contributed by atoms with Crippen molar-refractivity contribution in [2.24, 2.45) is 5.92 Å². The van der Waals surface area contributed by atoms with E-state index in [4.69, 9.17) is 5.10 Å². The first-order chi connectivity index (χ1) is 13.5. The predicted octanol–water partition coefficient (Wildman–Crippen LogP) is 4.91. The van der Waals surface area contributed by atoms with E-state index in [-0.39, 0.29) is 5.91 Å². The van der Waals surface area contributed by atoms with Gasteiger partial charge in [-0.1, -0.05) is 69.3 Å². The molecule has 1 amide bonds. The largest absolute Gasteiger partial charge is 0.337 e. The maximum Gasteiger partial charge on any atom is 0.257 e. The SMILES string of the molecule is CCc1c(C(=O)N(C)Cc2ccccc2)c(CC(C)C)nn1-c1ccccc1. The molecular weight excluding hydrogens is 346 g/mol. The number of benzene rings is 2. The van der Waals surface area contributed by atoms with E-state index in [0.29, 0.717) is 12.5 Å². The van der Waals surface area contributed by atoms with Gasteiger partial charge in [0.25, 0.3) is 5.91 Å². The van der Waals surface area contributed by atoms with Gasteiger partial charge in [-0.3, -0.25) is 4.79 Å². The van der Waals surface area contributed by atoms with Crippen LogP contribution in [0.2, 0.25) is 0 Å². The van der Waals surface area contributed by atoms with Crippen LogP contribution < -0.4 is 0 Å². The Morgan fingerprint density at radius 1 is 1.04 bits per heavy atom. The van der Waals surface area contributed by atoms with Crippen LogP contribution >= 0.6 is 0 Å². The lowest BCUT2D eigenvalue weighted by atomic mass is 10.0. The van der Waals surface area contributed by atoms with Gasteiger partial charge in [-0.05, 0) is 36.5 Å². The Bertz CT molecular complexity index is 914. The molecule has 0 aliphatic heterocycles. The molecule has 0 N–H and O–H groups in total. The molecule has 0 fully saturated rings. The van der Waals surface area contributed by atoms with E-state index in [1.165, 1.54) is 0 Å². The summed E-state index contributed by atoms with van der Waals surface area (Å²) in [5.41, 5.74) is 4.75. The molecule has 0 aliphatic carbocycles. The van der Waals surface area contributed by atoms with Crippen molar-refractivity contribution in [3.63, 3.8) is 0 Å². The van der Waals surface area contributed by atoms with Crippen molar-refractivity contribution in [3.05, 3.63) is 83.2 Å². The minimum absolute atomic E-state index is 0.0403. The maximum absolute atomic E-state index is 13.4. The van der Waals surface area contributed by atoms with Crippen LogP contribution in [-0.4, -0.2) is 27.6 Å². The molecule has 0 unspecified atom stereocenters. The molecule has 0 atom stereocenters. The molecule has 3 aromatic rings. The van der Waals surface area contributed by atoms with Gasteiger partial charge in [0.2, 0.25) is 0 Å². The third-order valence-corrected chi connectivity index (χ3v) is 4.81. The minimum atomic E-state index is 0.0403. The Balaban J connectivity index is 2.02. The number of aromatic nitrogens is 2. The number of rotatable bonds is 7. The van der Waals surface area contributed by atoms with E-state index < -0.39 is 0 Å². The second-order valence-corrected chi connectivity index (χ2v) is 7.61. The van der Waals surface area contributed by atoms with Gasteiger partial charge >= 0.3 is 0 Å². The van der Waals surface area contributed by atoms with Gasteiger partial charge in [0, 0.05) is 13.6 Å². The lowest BCUT2D eigenvalue weighted by Crippen LogP contribution is -2.28. The number of para-hydroxylation sites is 1. The summed E-state index contributed by atoms with van der Waals surface area (Å²) in [6.07, 6.45) is 1.54. The Morgan fingerprint density at radius 3 is 2.21 bits per heavy atom. The molecule has 2 aromatic carbocycles. The van der Waals surface area contributed by atoms with Gasteiger partial charge in [-0.2, -0.15) is 5.10 Å². The molecule has 0 bridgehead atoms. The van der Waals surface area contributed by atoms with Crippen LogP contribution in [0, 0.1) is 5.92 Å². The average molecular weight is 376 g/mol. The van der Waals surface area contributed by atoms with E-state index in [9.17, 15) is 4.79 Å². The zero-order valence-corrected chi connectivity index (χ0v) is 17.2. The number of carbonyl (C=O) groups is 1. The van der Waals surface area contributed by atoms with Crippen LogP contribution in [0.3, 0.4) is 0 Å². The van der Waals surface area contributed by atoms with Gasteiger partial charge < -0.3 is 4.90 Å². The molecular formula is C24H29N3O. The Labute approximate surface area is 167 Å². The van der Waals surface area contributed by atoms with Crippen molar-refractivity contribution in [2.75, 3.05) is 7.05 Å². The third-order valence-electron chi connectivity index (χ3n) is 4.81. The van der Waals surface area contributed by atoms with Crippen molar-refractivity contribution in [3.8, 4) is 5.69 Å². The van der Waals surface area contributed by atoms with Crippen molar-refractivity contribution < 1.29 is 4.79 Å². The molecule has 146 valence electrons. The van der Waals surface area contributed by atoms with Gasteiger partial charge in [0.05, 0.1) is 22.6 Å². The fraction of sp³-hybridized carbons (Fsp3) is 0.333. The standard InChI is InChI=1S/C24H29N3O/c1-5-22-23(24(28)26(4)17-19-12-8-6-9-13-19)21(16-18(2)3)25-27(22)20-14-10-7-11-15-20/h6-15,18H,5,16-17H2,1-4H3. The number of nitrogens with zero attached hydrogens (tertiary/aromatic N) is 3. The summed E-state index contributed by atoms with van der Waals surface area (Å²) < 4.78 is 1.95. The Kier molecular flexibility index (Phi) is 6.30. The second kappa shape index (κ2) is 8.87. The van der Waals surface area contributed by atoms with Crippen LogP contribution in [0.4, 0.5) is 0 Å². The molecule has 0 spiro atoms. The number of amides is 1. The van der Waals surface area contributed by atoms with Crippen molar-refractivity contribution in [1.82, 2.24) is 14.7 Å². The molecule has 4 heteroatoms. The molecule has 1 aromatic heterocycles. The quantitative estimate of drug-likeness (QED) is 0.589. The first-order valence-electron chi connectivity index (χ1n) is 9.96. The molecule has 0 aliphatic rings. The summed E-state index contributed by atoms with van der Waals surface area (Å²) in [5.74, 6) is 0.466. The highest BCUT2D eigenvalue weighted by Gasteiger charge is 2.26. The van der Waals surface area contributed by atoms with Crippen LogP contribution in [0.1, 0.15) is 48.1 Å². The molecule has 0 radical (unpaired) electrons. The fourth-order valence-corrected chi connectivity index (χ4v) is 3.51. The summed E-state index contributed by atoms with van der Waals surface area (Å²) in [6, 6.07) is 20.2.